The summed E-state index contributed by atoms with van der Waals surface area (Å²) in [7, 11) is 0. The van der Waals surface area contributed by atoms with Crippen molar-refractivity contribution in [3.8, 4) is 0 Å². The van der Waals surface area contributed by atoms with Gasteiger partial charge in [0.2, 0.25) is 0 Å². The molecule has 1 aromatic carbocycles. The van der Waals surface area contributed by atoms with E-state index in [1.807, 2.05) is 11.6 Å². The van der Waals surface area contributed by atoms with Crippen molar-refractivity contribution in [2.45, 2.75) is 38.3 Å². The number of aryl methyl sites for hydroxylation is 1. The van der Waals surface area contributed by atoms with Crippen LogP contribution in [0.1, 0.15) is 34.9 Å². The summed E-state index contributed by atoms with van der Waals surface area (Å²) in [4.78, 5) is 4.29. The van der Waals surface area contributed by atoms with Crippen LogP contribution in [0.3, 0.4) is 0 Å². The molecule has 0 spiro atoms. The fourth-order valence-corrected chi connectivity index (χ4v) is 3.03. The molecule has 0 amide bonds. The highest BCUT2D eigenvalue weighted by Crippen LogP contribution is 2.37. The normalized spacial score (nSPS) is 22.7. The van der Waals surface area contributed by atoms with Crippen molar-refractivity contribution in [1.29, 1.82) is 0 Å². The van der Waals surface area contributed by atoms with E-state index in [9.17, 15) is 0 Å². The third-order valence-electron chi connectivity index (χ3n) is 3.71. The first-order valence-electron chi connectivity index (χ1n) is 6.49. The summed E-state index contributed by atoms with van der Waals surface area (Å²) in [6, 6.07) is 9.64. The molecule has 0 saturated heterocycles. The topological polar surface area (TPSA) is 24.9 Å². The lowest BCUT2D eigenvalue weighted by Gasteiger charge is -2.36. The molecule has 0 bridgehead atoms. The van der Waals surface area contributed by atoms with Crippen LogP contribution in [0.4, 0.5) is 0 Å². The Kier molecular flexibility index (Phi) is 3.43. The van der Waals surface area contributed by atoms with Gasteiger partial charge in [-0.2, -0.15) is 0 Å². The zero-order chi connectivity index (χ0) is 12.4. The van der Waals surface area contributed by atoms with Gasteiger partial charge in [0.05, 0.1) is 0 Å². The van der Waals surface area contributed by atoms with Crippen molar-refractivity contribution in [3.05, 3.63) is 52.0 Å². The molecule has 0 atom stereocenters. The molecule has 1 N–H and O–H groups in total. The van der Waals surface area contributed by atoms with Crippen molar-refractivity contribution < 1.29 is 0 Å². The van der Waals surface area contributed by atoms with Crippen LogP contribution in [0.5, 0.6) is 0 Å². The van der Waals surface area contributed by atoms with Crippen LogP contribution in [0.25, 0.3) is 0 Å². The molecule has 3 heteroatoms. The maximum absolute atomic E-state index is 4.29. The Balaban J connectivity index is 1.47. The van der Waals surface area contributed by atoms with E-state index in [0.717, 1.165) is 12.5 Å². The van der Waals surface area contributed by atoms with Crippen LogP contribution in [0, 0.1) is 6.92 Å². The largest absolute Gasteiger partial charge is 0.308 e. The van der Waals surface area contributed by atoms with Gasteiger partial charge in [0, 0.05) is 24.2 Å². The number of nitrogens with one attached hydrogen (secondary N) is 1. The molecular formula is C15H18N2S. The molecule has 94 valence electrons. The number of nitrogens with zero attached hydrogens (tertiary/aromatic N) is 1. The van der Waals surface area contributed by atoms with Crippen LogP contribution in [0.15, 0.2) is 35.8 Å². The van der Waals surface area contributed by atoms with Gasteiger partial charge in [0.15, 0.2) is 0 Å². The highest BCUT2D eigenvalue weighted by Gasteiger charge is 2.29. The molecule has 1 aliphatic carbocycles. The standard InChI is InChI=1S/C15H18N2S/c1-11-2-4-12(5-3-11)13-8-14(9-13)17-10-15-16-6-7-18-15/h2-7,13-14,17H,8-10H2,1H3. The average Bonchev–Trinajstić information content (AvgIpc) is 2.82. The van der Waals surface area contributed by atoms with Gasteiger partial charge in [0.25, 0.3) is 0 Å². The summed E-state index contributed by atoms with van der Waals surface area (Å²) in [6.07, 6.45) is 4.39. The van der Waals surface area contributed by atoms with Crippen molar-refractivity contribution in [2.24, 2.45) is 0 Å². The smallest absolute Gasteiger partial charge is 0.106 e. The molecule has 1 fully saturated rings. The second-order valence-electron chi connectivity index (χ2n) is 5.08. The van der Waals surface area contributed by atoms with Gasteiger partial charge in [-0.25, -0.2) is 4.98 Å². The van der Waals surface area contributed by atoms with Gasteiger partial charge in [-0.05, 0) is 31.2 Å². The molecule has 3 rings (SSSR count). The minimum Gasteiger partial charge on any atom is -0.308 e. The van der Waals surface area contributed by atoms with E-state index in [0.29, 0.717) is 6.04 Å². The summed E-state index contributed by atoms with van der Waals surface area (Å²) in [5.74, 6) is 0.749. The van der Waals surface area contributed by atoms with Crippen LogP contribution >= 0.6 is 11.3 Å². The third kappa shape index (κ3) is 2.62. The minimum atomic E-state index is 0.667. The van der Waals surface area contributed by atoms with Crippen molar-refractivity contribution in [1.82, 2.24) is 10.3 Å². The first-order chi connectivity index (χ1) is 8.81. The Labute approximate surface area is 112 Å². The first kappa shape index (κ1) is 11.9. The maximum Gasteiger partial charge on any atom is 0.106 e. The lowest BCUT2D eigenvalue weighted by atomic mass is 9.76. The minimum absolute atomic E-state index is 0.667. The summed E-state index contributed by atoms with van der Waals surface area (Å²) < 4.78 is 0. The Morgan fingerprint density at radius 1 is 1.28 bits per heavy atom. The molecular weight excluding hydrogens is 240 g/mol. The van der Waals surface area contributed by atoms with Gasteiger partial charge >= 0.3 is 0 Å². The maximum atomic E-state index is 4.29. The second kappa shape index (κ2) is 5.21. The number of benzene rings is 1. The van der Waals surface area contributed by atoms with E-state index >= 15 is 0 Å². The molecule has 18 heavy (non-hydrogen) atoms. The highest BCUT2D eigenvalue weighted by molar-refractivity contribution is 7.09. The van der Waals surface area contributed by atoms with Gasteiger partial charge < -0.3 is 5.32 Å². The van der Waals surface area contributed by atoms with Crippen molar-refractivity contribution in [2.75, 3.05) is 0 Å². The number of rotatable bonds is 4. The van der Waals surface area contributed by atoms with E-state index in [1.165, 1.54) is 29.0 Å². The van der Waals surface area contributed by atoms with E-state index in [-0.39, 0.29) is 0 Å². The van der Waals surface area contributed by atoms with E-state index in [1.54, 1.807) is 11.3 Å². The molecule has 0 aliphatic heterocycles. The van der Waals surface area contributed by atoms with Crippen LogP contribution < -0.4 is 5.32 Å². The van der Waals surface area contributed by atoms with Gasteiger partial charge in [-0.1, -0.05) is 29.8 Å². The fraction of sp³-hybridized carbons (Fsp3) is 0.400. The molecule has 0 radical (unpaired) electrons. The predicted octanol–water partition coefficient (Wildman–Crippen LogP) is 3.49. The zero-order valence-electron chi connectivity index (χ0n) is 10.6. The Morgan fingerprint density at radius 2 is 2.06 bits per heavy atom. The Bertz CT molecular complexity index is 484. The zero-order valence-corrected chi connectivity index (χ0v) is 11.4. The van der Waals surface area contributed by atoms with Gasteiger partial charge in [0.1, 0.15) is 5.01 Å². The number of thiazole rings is 1. The third-order valence-corrected chi connectivity index (χ3v) is 4.49. The number of aromatic nitrogens is 1. The summed E-state index contributed by atoms with van der Waals surface area (Å²) in [5.41, 5.74) is 2.84. The van der Waals surface area contributed by atoms with Crippen molar-refractivity contribution >= 4 is 11.3 Å². The number of hydrogen-bond acceptors (Lipinski definition) is 3. The lowest BCUT2D eigenvalue weighted by Crippen LogP contribution is -2.39. The lowest BCUT2D eigenvalue weighted by molar-refractivity contribution is 0.289. The van der Waals surface area contributed by atoms with Gasteiger partial charge in [-0.3, -0.25) is 0 Å². The molecule has 0 unspecified atom stereocenters. The SMILES string of the molecule is Cc1ccc(C2CC(NCc3nccs3)C2)cc1. The molecule has 1 heterocycles. The first-order valence-corrected chi connectivity index (χ1v) is 7.37. The average molecular weight is 258 g/mol. The van der Waals surface area contributed by atoms with E-state index < -0.39 is 0 Å². The predicted molar refractivity (Wildman–Crippen MR) is 75.9 cm³/mol. The van der Waals surface area contributed by atoms with Crippen LogP contribution in [-0.4, -0.2) is 11.0 Å². The molecule has 2 nitrogen and oxygen atoms in total. The summed E-state index contributed by atoms with van der Waals surface area (Å²) >= 11 is 1.72. The number of hydrogen-bond donors (Lipinski definition) is 1. The van der Waals surface area contributed by atoms with Gasteiger partial charge in [-0.15, -0.1) is 11.3 Å². The van der Waals surface area contributed by atoms with Crippen LogP contribution in [-0.2, 0) is 6.54 Å². The second-order valence-corrected chi connectivity index (χ2v) is 6.06. The molecule has 1 aliphatic rings. The van der Waals surface area contributed by atoms with Crippen LogP contribution in [0.2, 0.25) is 0 Å². The molecule has 1 saturated carbocycles. The monoisotopic (exact) mass is 258 g/mol. The highest BCUT2D eigenvalue weighted by atomic mass is 32.1. The Morgan fingerprint density at radius 3 is 2.72 bits per heavy atom. The van der Waals surface area contributed by atoms with E-state index in [2.05, 4.69) is 41.5 Å². The molecule has 2 aromatic rings. The van der Waals surface area contributed by atoms with Crippen molar-refractivity contribution in [3.63, 3.8) is 0 Å². The quantitative estimate of drug-likeness (QED) is 0.908. The fourth-order valence-electron chi connectivity index (χ4n) is 2.47. The summed E-state index contributed by atoms with van der Waals surface area (Å²) in [5, 5.41) is 6.80. The summed E-state index contributed by atoms with van der Waals surface area (Å²) in [6.45, 7) is 3.06. The Hall–Kier alpha value is -1.19. The van der Waals surface area contributed by atoms with E-state index in [4.69, 9.17) is 0 Å². The molecule has 1 aromatic heterocycles.